The van der Waals surface area contributed by atoms with Gasteiger partial charge < -0.3 is 9.64 Å². The maximum atomic E-state index is 12.4. The van der Waals surface area contributed by atoms with Gasteiger partial charge in [-0.3, -0.25) is 4.79 Å². The molecule has 0 N–H and O–H groups in total. The first-order valence-corrected chi connectivity index (χ1v) is 7.77. The van der Waals surface area contributed by atoms with Crippen LogP contribution >= 0.6 is 22.9 Å². The molecule has 2 aromatic heterocycles. The zero-order valence-corrected chi connectivity index (χ0v) is 13.1. The second-order valence-corrected chi connectivity index (χ2v) is 6.65. The molecule has 4 nitrogen and oxygen atoms in total. The third-order valence-electron chi connectivity index (χ3n) is 3.27. The lowest BCUT2D eigenvalue weighted by molar-refractivity contribution is -0.137. The maximum Gasteiger partial charge on any atom is 0.417 e. The van der Waals surface area contributed by atoms with Crippen LogP contribution in [0, 0.1) is 0 Å². The highest BCUT2D eigenvalue weighted by Crippen LogP contribution is 2.30. The highest BCUT2D eigenvalue weighted by Gasteiger charge is 2.34. The normalized spacial score (nSPS) is 15.4. The zero-order chi connectivity index (χ0) is 16.6. The summed E-state index contributed by atoms with van der Waals surface area (Å²) in [7, 11) is 0. The summed E-state index contributed by atoms with van der Waals surface area (Å²) in [6.07, 6.45) is -3.98. The Morgan fingerprint density at radius 1 is 1.30 bits per heavy atom. The van der Waals surface area contributed by atoms with Gasteiger partial charge in [-0.05, 0) is 18.2 Å². The number of likely N-dealkylation sites (tertiary alicyclic amines) is 1. The number of ether oxygens (including phenoxy) is 1. The molecular weight excluding hydrogens is 353 g/mol. The first kappa shape index (κ1) is 16.1. The molecule has 0 aromatic carbocycles. The van der Waals surface area contributed by atoms with Crippen LogP contribution in [-0.4, -0.2) is 35.0 Å². The molecule has 1 fully saturated rings. The third-order valence-corrected chi connectivity index (χ3v) is 4.49. The summed E-state index contributed by atoms with van der Waals surface area (Å²) in [4.78, 5) is 17.8. The molecule has 0 saturated carbocycles. The Balaban J connectivity index is 1.53. The Morgan fingerprint density at radius 2 is 2.04 bits per heavy atom. The minimum Gasteiger partial charge on any atom is -0.471 e. The molecule has 0 unspecified atom stereocenters. The number of carbonyl (C=O) groups is 1. The van der Waals surface area contributed by atoms with Crippen molar-refractivity contribution in [2.45, 2.75) is 12.3 Å². The summed E-state index contributed by atoms with van der Waals surface area (Å²) in [5.74, 6) is -0.0311. The van der Waals surface area contributed by atoms with Crippen molar-refractivity contribution in [3.05, 3.63) is 45.2 Å². The number of hydrogen-bond donors (Lipinski definition) is 0. The minimum absolute atomic E-state index is 0.106. The lowest BCUT2D eigenvalue weighted by Crippen LogP contribution is -2.56. The van der Waals surface area contributed by atoms with Crippen LogP contribution in [0.4, 0.5) is 13.2 Å². The van der Waals surface area contributed by atoms with Crippen molar-refractivity contribution in [3.8, 4) is 5.88 Å². The van der Waals surface area contributed by atoms with Gasteiger partial charge in [-0.15, -0.1) is 11.3 Å². The Bertz CT molecular complexity index is 712. The molecule has 9 heteroatoms. The summed E-state index contributed by atoms with van der Waals surface area (Å²) < 4.78 is 43.3. The van der Waals surface area contributed by atoms with Crippen LogP contribution in [0.3, 0.4) is 0 Å². The topological polar surface area (TPSA) is 42.4 Å². The van der Waals surface area contributed by atoms with Gasteiger partial charge in [0.25, 0.3) is 5.91 Å². The van der Waals surface area contributed by atoms with Gasteiger partial charge in [-0.1, -0.05) is 11.6 Å². The molecule has 122 valence electrons. The monoisotopic (exact) mass is 362 g/mol. The molecular formula is C14H10ClF3N2O2S. The number of aromatic nitrogens is 1. The lowest BCUT2D eigenvalue weighted by atomic mass is 10.1. The number of pyridine rings is 1. The van der Waals surface area contributed by atoms with E-state index in [-0.39, 0.29) is 17.9 Å². The number of alkyl halides is 3. The summed E-state index contributed by atoms with van der Waals surface area (Å²) in [6.45, 7) is 0.716. The van der Waals surface area contributed by atoms with Crippen LogP contribution in [0.5, 0.6) is 5.88 Å². The van der Waals surface area contributed by atoms with Gasteiger partial charge in [0.2, 0.25) is 5.88 Å². The van der Waals surface area contributed by atoms with E-state index in [1.807, 2.05) is 0 Å². The van der Waals surface area contributed by atoms with E-state index in [0.29, 0.717) is 22.3 Å². The number of halogens is 4. The molecule has 0 spiro atoms. The van der Waals surface area contributed by atoms with Crippen LogP contribution in [0.2, 0.25) is 4.34 Å². The minimum atomic E-state index is -4.42. The SMILES string of the molecule is O=C(c1ccc(Cl)s1)N1CC(Oc2ccc(C(F)(F)F)cn2)C1. The van der Waals surface area contributed by atoms with E-state index in [4.69, 9.17) is 16.3 Å². The quantitative estimate of drug-likeness (QED) is 0.835. The molecule has 0 bridgehead atoms. The Labute approximate surface area is 138 Å². The predicted molar refractivity (Wildman–Crippen MR) is 78.9 cm³/mol. The summed E-state index contributed by atoms with van der Waals surface area (Å²) in [5, 5.41) is 0. The second kappa shape index (κ2) is 6.01. The van der Waals surface area contributed by atoms with Crippen LogP contribution in [0.1, 0.15) is 15.2 Å². The molecule has 3 heterocycles. The van der Waals surface area contributed by atoms with Gasteiger partial charge in [0, 0.05) is 12.3 Å². The van der Waals surface area contributed by atoms with Crippen molar-refractivity contribution in [2.75, 3.05) is 13.1 Å². The van der Waals surface area contributed by atoms with E-state index in [0.717, 1.165) is 12.3 Å². The van der Waals surface area contributed by atoms with Crippen molar-refractivity contribution < 1.29 is 22.7 Å². The van der Waals surface area contributed by atoms with E-state index < -0.39 is 11.7 Å². The average molecular weight is 363 g/mol. The average Bonchev–Trinajstić information content (AvgIpc) is 2.88. The molecule has 1 aliphatic rings. The predicted octanol–water partition coefficient (Wildman–Crippen LogP) is 3.72. The van der Waals surface area contributed by atoms with E-state index in [1.165, 1.54) is 17.4 Å². The Morgan fingerprint density at radius 3 is 2.57 bits per heavy atom. The number of thiophene rings is 1. The fraction of sp³-hybridized carbons (Fsp3) is 0.286. The highest BCUT2D eigenvalue weighted by atomic mass is 35.5. The number of nitrogens with zero attached hydrogens (tertiary/aromatic N) is 2. The smallest absolute Gasteiger partial charge is 0.417 e. The molecule has 0 radical (unpaired) electrons. The largest absolute Gasteiger partial charge is 0.471 e. The number of amides is 1. The van der Waals surface area contributed by atoms with Gasteiger partial charge >= 0.3 is 6.18 Å². The van der Waals surface area contributed by atoms with E-state index in [2.05, 4.69) is 4.98 Å². The van der Waals surface area contributed by atoms with Gasteiger partial charge in [0.05, 0.1) is 27.9 Å². The lowest BCUT2D eigenvalue weighted by Gasteiger charge is -2.38. The van der Waals surface area contributed by atoms with Crippen molar-refractivity contribution in [1.29, 1.82) is 0 Å². The maximum absolute atomic E-state index is 12.4. The van der Waals surface area contributed by atoms with Gasteiger partial charge in [0.15, 0.2) is 0 Å². The number of carbonyl (C=O) groups excluding carboxylic acids is 1. The van der Waals surface area contributed by atoms with Crippen molar-refractivity contribution in [3.63, 3.8) is 0 Å². The molecule has 3 rings (SSSR count). The number of hydrogen-bond acceptors (Lipinski definition) is 4. The van der Waals surface area contributed by atoms with Gasteiger partial charge in [0.1, 0.15) is 6.10 Å². The van der Waals surface area contributed by atoms with Crippen LogP contribution in [-0.2, 0) is 6.18 Å². The van der Waals surface area contributed by atoms with E-state index in [1.54, 1.807) is 17.0 Å². The van der Waals surface area contributed by atoms with Crippen LogP contribution < -0.4 is 4.74 Å². The highest BCUT2D eigenvalue weighted by molar-refractivity contribution is 7.17. The molecule has 0 atom stereocenters. The van der Waals surface area contributed by atoms with Crippen LogP contribution in [0.15, 0.2) is 30.5 Å². The third kappa shape index (κ3) is 3.59. The molecule has 1 aliphatic heterocycles. The van der Waals surface area contributed by atoms with Gasteiger partial charge in [-0.25, -0.2) is 4.98 Å². The molecule has 0 aliphatic carbocycles. The van der Waals surface area contributed by atoms with Crippen molar-refractivity contribution in [1.82, 2.24) is 9.88 Å². The standard InChI is InChI=1S/C14H10ClF3N2O2S/c15-11-3-2-10(23-11)13(21)20-6-9(7-20)22-12-4-1-8(5-19-12)14(16,17)18/h1-5,9H,6-7H2. The fourth-order valence-electron chi connectivity index (χ4n) is 2.05. The second-order valence-electron chi connectivity index (χ2n) is 4.94. The van der Waals surface area contributed by atoms with Crippen molar-refractivity contribution >= 4 is 28.8 Å². The first-order valence-electron chi connectivity index (χ1n) is 6.57. The number of rotatable bonds is 3. The Hall–Kier alpha value is -1.80. The van der Waals surface area contributed by atoms with Crippen molar-refractivity contribution in [2.24, 2.45) is 0 Å². The summed E-state index contributed by atoms with van der Waals surface area (Å²) in [5.41, 5.74) is -0.829. The molecule has 2 aromatic rings. The molecule has 1 saturated heterocycles. The van der Waals surface area contributed by atoms with Gasteiger partial charge in [-0.2, -0.15) is 13.2 Å². The summed E-state index contributed by atoms with van der Waals surface area (Å²) in [6, 6.07) is 5.39. The molecule has 1 amide bonds. The first-order chi connectivity index (χ1) is 10.8. The Kier molecular flexibility index (Phi) is 4.20. The zero-order valence-electron chi connectivity index (χ0n) is 11.5. The summed E-state index contributed by atoms with van der Waals surface area (Å²) >= 11 is 6.98. The fourth-order valence-corrected chi connectivity index (χ4v) is 3.06. The van der Waals surface area contributed by atoms with E-state index >= 15 is 0 Å². The molecule has 23 heavy (non-hydrogen) atoms. The van der Waals surface area contributed by atoms with Crippen LogP contribution in [0.25, 0.3) is 0 Å². The van der Waals surface area contributed by atoms with E-state index in [9.17, 15) is 18.0 Å².